The van der Waals surface area contributed by atoms with E-state index in [0.29, 0.717) is 18.7 Å². The SMILES string of the molecule is O=C(CCc1nc2ccccc2s1)OCc1nc2ccccc2[nH]1. The van der Waals surface area contributed by atoms with Crippen LogP contribution in [0.15, 0.2) is 48.5 Å². The molecule has 0 fully saturated rings. The molecular formula is C18H15N3O2S. The molecule has 5 nitrogen and oxygen atoms in total. The van der Waals surface area contributed by atoms with Crippen molar-refractivity contribution in [3.05, 3.63) is 59.4 Å². The summed E-state index contributed by atoms with van der Waals surface area (Å²) >= 11 is 1.62. The fourth-order valence-electron chi connectivity index (χ4n) is 2.53. The van der Waals surface area contributed by atoms with Crippen molar-refractivity contribution in [1.82, 2.24) is 15.0 Å². The first-order chi connectivity index (χ1) is 11.8. The van der Waals surface area contributed by atoms with E-state index in [-0.39, 0.29) is 12.6 Å². The van der Waals surface area contributed by atoms with Crippen LogP contribution in [0.4, 0.5) is 0 Å². The summed E-state index contributed by atoms with van der Waals surface area (Å²) in [6.45, 7) is 0.160. The molecule has 0 bridgehead atoms. The number of benzene rings is 2. The predicted octanol–water partition coefficient (Wildman–Crippen LogP) is 3.85. The molecule has 0 unspecified atom stereocenters. The minimum absolute atomic E-state index is 0.160. The Morgan fingerprint density at radius 3 is 2.67 bits per heavy atom. The van der Waals surface area contributed by atoms with Crippen LogP contribution in [0.2, 0.25) is 0 Å². The number of aryl methyl sites for hydroxylation is 1. The molecule has 4 aromatic rings. The molecule has 120 valence electrons. The molecule has 2 aromatic carbocycles. The Morgan fingerprint density at radius 1 is 1.04 bits per heavy atom. The number of aromatic amines is 1. The third-order valence-electron chi connectivity index (χ3n) is 3.69. The van der Waals surface area contributed by atoms with Crippen molar-refractivity contribution in [2.75, 3.05) is 0 Å². The molecule has 0 radical (unpaired) electrons. The van der Waals surface area contributed by atoms with Gasteiger partial charge < -0.3 is 9.72 Å². The number of ether oxygens (including phenoxy) is 1. The van der Waals surface area contributed by atoms with Gasteiger partial charge >= 0.3 is 5.97 Å². The molecule has 2 aromatic heterocycles. The van der Waals surface area contributed by atoms with Crippen LogP contribution in [0, 0.1) is 0 Å². The number of esters is 1. The van der Waals surface area contributed by atoms with Gasteiger partial charge in [-0.25, -0.2) is 9.97 Å². The van der Waals surface area contributed by atoms with Crippen molar-refractivity contribution >= 4 is 38.6 Å². The van der Waals surface area contributed by atoms with Crippen LogP contribution in [-0.2, 0) is 22.6 Å². The van der Waals surface area contributed by atoms with Gasteiger partial charge in [0.2, 0.25) is 0 Å². The van der Waals surface area contributed by atoms with E-state index in [1.54, 1.807) is 11.3 Å². The summed E-state index contributed by atoms with van der Waals surface area (Å²) in [5, 5.41) is 0.955. The molecule has 2 heterocycles. The van der Waals surface area contributed by atoms with E-state index < -0.39 is 0 Å². The Kier molecular flexibility index (Phi) is 3.96. The zero-order valence-electron chi connectivity index (χ0n) is 12.9. The molecule has 4 rings (SSSR count). The van der Waals surface area contributed by atoms with Gasteiger partial charge in [-0.15, -0.1) is 11.3 Å². The quantitative estimate of drug-likeness (QED) is 0.562. The largest absolute Gasteiger partial charge is 0.458 e. The lowest BCUT2D eigenvalue weighted by molar-refractivity contribution is -0.145. The number of H-pyrrole nitrogens is 1. The van der Waals surface area contributed by atoms with Gasteiger partial charge in [0, 0.05) is 6.42 Å². The zero-order chi connectivity index (χ0) is 16.4. The van der Waals surface area contributed by atoms with Crippen molar-refractivity contribution in [2.45, 2.75) is 19.4 Å². The lowest BCUT2D eigenvalue weighted by Gasteiger charge is -2.01. The predicted molar refractivity (Wildman–Crippen MR) is 93.8 cm³/mol. The van der Waals surface area contributed by atoms with E-state index in [1.165, 1.54) is 0 Å². The Bertz CT molecular complexity index is 860. The van der Waals surface area contributed by atoms with Crippen molar-refractivity contribution in [2.24, 2.45) is 0 Å². The van der Waals surface area contributed by atoms with Crippen molar-refractivity contribution in [1.29, 1.82) is 0 Å². The van der Waals surface area contributed by atoms with E-state index in [1.807, 2.05) is 48.5 Å². The van der Waals surface area contributed by atoms with Crippen LogP contribution in [0.1, 0.15) is 17.3 Å². The number of thiazole rings is 1. The van der Waals surface area contributed by atoms with Crippen LogP contribution in [0.3, 0.4) is 0 Å². The number of hydrogen-bond acceptors (Lipinski definition) is 5. The van der Waals surface area contributed by atoms with Crippen LogP contribution in [-0.4, -0.2) is 20.9 Å². The molecule has 0 spiro atoms. The summed E-state index contributed by atoms with van der Waals surface area (Å²) in [6, 6.07) is 15.7. The molecule has 1 N–H and O–H groups in total. The summed E-state index contributed by atoms with van der Waals surface area (Å²) in [6.07, 6.45) is 0.915. The Labute approximate surface area is 142 Å². The van der Waals surface area contributed by atoms with E-state index >= 15 is 0 Å². The maximum Gasteiger partial charge on any atom is 0.306 e. The maximum atomic E-state index is 11.9. The van der Waals surface area contributed by atoms with Crippen molar-refractivity contribution < 1.29 is 9.53 Å². The van der Waals surface area contributed by atoms with E-state index in [4.69, 9.17) is 4.74 Å². The van der Waals surface area contributed by atoms with Gasteiger partial charge in [-0.2, -0.15) is 0 Å². The molecule has 0 aliphatic rings. The van der Waals surface area contributed by atoms with Gasteiger partial charge in [0.25, 0.3) is 0 Å². The number of rotatable bonds is 5. The fourth-order valence-corrected chi connectivity index (χ4v) is 3.50. The van der Waals surface area contributed by atoms with Crippen LogP contribution in [0.5, 0.6) is 0 Å². The first-order valence-electron chi connectivity index (χ1n) is 7.71. The molecule has 0 saturated carbocycles. The van der Waals surface area contributed by atoms with Crippen molar-refractivity contribution in [3.63, 3.8) is 0 Å². The molecule has 24 heavy (non-hydrogen) atoms. The average molecular weight is 337 g/mol. The fraction of sp³-hybridized carbons (Fsp3) is 0.167. The third-order valence-corrected chi connectivity index (χ3v) is 4.79. The van der Waals surface area contributed by atoms with Crippen LogP contribution < -0.4 is 0 Å². The number of fused-ring (bicyclic) bond motifs is 2. The van der Waals surface area contributed by atoms with E-state index in [9.17, 15) is 4.79 Å². The first kappa shape index (κ1) is 14.8. The lowest BCUT2D eigenvalue weighted by Crippen LogP contribution is -2.06. The van der Waals surface area contributed by atoms with Gasteiger partial charge in [0.15, 0.2) is 0 Å². The number of nitrogens with zero attached hydrogens (tertiary/aromatic N) is 2. The first-order valence-corrected chi connectivity index (χ1v) is 8.53. The summed E-state index contributed by atoms with van der Waals surface area (Å²) in [4.78, 5) is 24.0. The minimum Gasteiger partial charge on any atom is -0.458 e. The number of para-hydroxylation sites is 3. The minimum atomic E-state index is -0.241. The normalized spacial score (nSPS) is 11.2. The summed E-state index contributed by atoms with van der Waals surface area (Å²) < 4.78 is 6.44. The van der Waals surface area contributed by atoms with E-state index in [0.717, 1.165) is 26.3 Å². The second-order valence-electron chi connectivity index (χ2n) is 5.44. The average Bonchev–Trinajstić information content (AvgIpc) is 3.21. The molecule has 0 aliphatic carbocycles. The Balaban J connectivity index is 1.33. The summed E-state index contributed by atoms with van der Waals surface area (Å²) in [5.41, 5.74) is 2.80. The molecule has 0 saturated heterocycles. The lowest BCUT2D eigenvalue weighted by atomic mass is 10.3. The van der Waals surface area contributed by atoms with Gasteiger partial charge in [-0.1, -0.05) is 24.3 Å². The number of carbonyl (C=O) groups is 1. The molecule has 0 atom stereocenters. The monoisotopic (exact) mass is 337 g/mol. The van der Waals surface area contributed by atoms with Gasteiger partial charge in [-0.3, -0.25) is 4.79 Å². The zero-order valence-corrected chi connectivity index (χ0v) is 13.7. The Hall–Kier alpha value is -2.73. The third kappa shape index (κ3) is 3.14. The highest BCUT2D eigenvalue weighted by Gasteiger charge is 2.09. The van der Waals surface area contributed by atoms with Crippen LogP contribution >= 0.6 is 11.3 Å². The highest BCUT2D eigenvalue weighted by atomic mass is 32.1. The molecule has 0 aliphatic heterocycles. The smallest absolute Gasteiger partial charge is 0.306 e. The van der Waals surface area contributed by atoms with Gasteiger partial charge in [0.1, 0.15) is 12.4 Å². The number of nitrogens with one attached hydrogen (secondary N) is 1. The van der Waals surface area contributed by atoms with Gasteiger partial charge in [-0.05, 0) is 24.3 Å². The number of aromatic nitrogens is 3. The standard InChI is InChI=1S/C18H15N3O2S/c22-18(10-9-17-21-14-7-3-4-8-15(14)24-17)23-11-16-19-12-5-1-2-6-13(12)20-16/h1-8H,9-11H2,(H,19,20). The highest BCUT2D eigenvalue weighted by Crippen LogP contribution is 2.22. The van der Waals surface area contributed by atoms with Crippen molar-refractivity contribution in [3.8, 4) is 0 Å². The number of carbonyl (C=O) groups excluding carboxylic acids is 1. The molecular weight excluding hydrogens is 322 g/mol. The summed E-state index contributed by atoms with van der Waals surface area (Å²) in [5.74, 6) is 0.416. The maximum absolute atomic E-state index is 11.9. The Morgan fingerprint density at radius 2 is 1.83 bits per heavy atom. The summed E-state index contributed by atoms with van der Waals surface area (Å²) in [7, 11) is 0. The number of hydrogen-bond donors (Lipinski definition) is 1. The topological polar surface area (TPSA) is 67.9 Å². The van der Waals surface area contributed by atoms with E-state index in [2.05, 4.69) is 15.0 Å². The second kappa shape index (κ2) is 6.41. The van der Waals surface area contributed by atoms with Crippen LogP contribution in [0.25, 0.3) is 21.3 Å². The second-order valence-corrected chi connectivity index (χ2v) is 6.55. The molecule has 0 amide bonds. The van der Waals surface area contributed by atoms with Gasteiger partial charge in [0.05, 0.1) is 32.7 Å². The number of imidazole rings is 1. The highest BCUT2D eigenvalue weighted by molar-refractivity contribution is 7.18. The molecule has 6 heteroatoms.